The molecule has 2 heterocycles. The van der Waals surface area contributed by atoms with Crippen LogP contribution >= 0.6 is 0 Å². The second-order valence-corrected chi connectivity index (χ2v) is 11.8. The van der Waals surface area contributed by atoms with Crippen LogP contribution in [-0.2, 0) is 11.2 Å². The maximum absolute atomic E-state index is 14.8. The summed E-state index contributed by atoms with van der Waals surface area (Å²) >= 11 is 0. The van der Waals surface area contributed by atoms with E-state index in [0.717, 1.165) is 80.0 Å². The van der Waals surface area contributed by atoms with Crippen molar-refractivity contribution in [1.29, 1.82) is 5.26 Å². The van der Waals surface area contributed by atoms with Crippen LogP contribution in [0.5, 0.6) is 0 Å². The number of carbonyl (C=O) groups is 1. The Labute approximate surface area is 263 Å². The van der Waals surface area contributed by atoms with E-state index in [9.17, 15) is 9.18 Å². The number of amides is 1. The van der Waals surface area contributed by atoms with Crippen molar-refractivity contribution in [2.24, 2.45) is 10.9 Å². The van der Waals surface area contributed by atoms with Gasteiger partial charge in [0.15, 0.2) is 0 Å². The number of pyridine rings is 1. The second-order valence-electron chi connectivity index (χ2n) is 11.8. The van der Waals surface area contributed by atoms with Crippen molar-refractivity contribution in [3.63, 3.8) is 0 Å². The summed E-state index contributed by atoms with van der Waals surface area (Å²) in [6.07, 6.45) is 12.5. The van der Waals surface area contributed by atoms with Crippen molar-refractivity contribution in [3.8, 4) is 6.07 Å². The van der Waals surface area contributed by atoms with Gasteiger partial charge in [0.2, 0.25) is 5.91 Å². The lowest BCUT2D eigenvalue weighted by molar-refractivity contribution is -0.140. The van der Waals surface area contributed by atoms with Crippen molar-refractivity contribution < 1.29 is 9.18 Å². The Hall–Kier alpha value is -4.05. The van der Waals surface area contributed by atoms with E-state index in [1.165, 1.54) is 6.07 Å². The number of aliphatic imine (C=N–C) groups is 1. The average molecular weight is 598 g/mol. The number of aromatic nitrogens is 1. The number of aryl methyl sites for hydroxylation is 1. The maximum atomic E-state index is 14.8. The molecule has 0 N–H and O–H groups in total. The van der Waals surface area contributed by atoms with Gasteiger partial charge in [-0.05, 0) is 70.2 Å². The van der Waals surface area contributed by atoms with Crippen LogP contribution in [0, 0.1) is 23.1 Å². The van der Waals surface area contributed by atoms with Gasteiger partial charge in [-0.25, -0.2) is 4.39 Å². The third-order valence-corrected chi connectivity index (χ3v) is 8.22. The minimum Gasteiger partial charge on any atom is -0.370 e. The standard InChI is InChI=1S/C28H38FN3O.C9H10N2/c1-7-9-16-30-21(5)26(23(8-2)24-12-10-11-13-25(24)29)22(6)31-17-18-32(27(33)20(3)4)28(19-31)14-15-28;1-2-3-9-6-8(7-10)4-5-11-9/h8-13,16,20H,7,14-15,17-19H2,1-6H3;4-6H,2-3H2,1H3/b16-9+,23-8-,26-22-,30-21+;. The molecule has 0 radical (unpaired) electrons. The van der Waals surface area contributed by atoms with Crippen LogP contribution in [0.2, 0.25) is 0 Å². The third kappa shape index (κ3) is 8.53. The minimum absolute atomic E-state index is 0.0108. The number of carbonyl (C=O) groups excluding carboxylic acids is 1. The molecule has 1 spiro atoms. The number of nitriles is 1. The topological polar surface area (TPSA) is 72.6 Å². The Morgan fingerprint density at radius 1 is 1.18 bits per heavy atom. The quantitative estimate of drug-likeness (QED) is 0.216. The zero-order valence-corrected chi connectivity index (χ0v) is 27.5. The first-order chi connectivity index (χ1) is 21.1. The zero-order valence-electron chi connectivity index (χ0n) is 27.5. The molecule has 1 aliphatic carbocycles. The predicted octanol–water partition coefficient (Wildman–Crippen LogP) is 8.13. The molecule has 44 heavy (non-hydrogen) atoms. The first-order valence-corrected chi connectivity index (χ1v) is 15.9. The molecule has 1 saturated carbocycles. The summed E-state index contributed by atoms with van der Waals surface area (Å²) in [5.41, 5.74) is 5.98. The van der Waals surface area contributed by atoms with E-state index in [0.29, 0.717) is 11.1 Å². The fourth-order valence-electron chi connectivity index (χ4n) is 5.69. The number of allylic oxidation sites excluding steroid dienone is 5. The van der Waals surface area contributed by atoms with Crippen LogP contribution in [0.4, 0.5) is 4.39 Å². The number of hydrogen-bond donors (Lipinski definition) is 0. The molecule has 7 heteroatoms. The Bertz CT molecular complexity index is 1460. The summed E-state index contributed by atoms with van der Waals surface area (Å²) in [5, 5.41) is 8.55. The van der Waals surface area contributed by atoms with E-state index >= 15 is 0 Å². The molecule has 2 aliphatic rings. The van der Waals surface area contributed by atoms with Crippen LogP contribution in [0.15, 0.2) is 77.2 Å². The number of nitrogens with zero attached hydrogens (tertiary/aromatic N) is 5. The molecule has 0 bridgehead atoms. The first kappa shape index (κ1) is 34.4. The number of halogens is 1. The summed E-state index contributed by atoms with van der Waals surface area (Å²) in [4.78, 5) is 26.1. The highest BCUT2D eigenvalue weighted by molar-refractivity contribution is 6.12. The normalized spacial score (nSPS) is 16.9. The van der Waals surface area contributed by atoms with Gasteiger partial charge in [-0.15, -0.1) is 0 Å². The van der Waals surface area contributed by atoms with Crippen molar-refractivity contribution in [2.75, 3.05) is 19.6 Å². The molecule has 4 rings (SSSR count). The predicted molar refractivity (Wildman–Crippen MR) is 178 cm³/mol. The molecule has 1 saturated heterocycles. The Morgan fingerprint density at radius 3 is 2.50 bits per heavy atom. The number of piperazine rings is 1. The molecule has 0 atom stereocenters. The van der Waals surface area contributed by atoms with E-state index in [4.69, 9.17) is 10.3 Å². The Morgan fingerprint density at radius 2 is 1.91 bits per heavy atom. The SMILES string of the molecule is CCCc1cc(C#N)ccn1.C\C=C(C(/C(C)=N/C=C/CC)=C(/C)N1CCN(C(=O)C(C)C)C2(CC2)C1)\c1ccccc1F. The second kappa shape index (κ2) is 16.1. The fraction of sp³-hybridized carbons (Fsp3) is 0.459. The van der Waals surface area contributed by atoms with Crippen molar-refractivity contribution in [2.45, 2.75) is 86.1 Å². The van der Waals surface area contributed by atoms with E-state index in [2.05, 4.69) is 41.6 Å². The van der Waals surface area contributed by atoms with Gasteiger partial charge in [0.25, 0.3) is 0 Å². The number of rotatable bonds is 9. The molecule has 2 aromatic rings. The van der Waals surface area contributed by atoms with E-state index < -0.39 is 0 Å². The lowest BCUT2D eigenvalue weighted by atomic mass is 9.91. The third-order valence-electron chi connectivity index (χ3n) is 8.22. The lowest BCUT2D eigenvalue weighted by Gasteiger charge is -2.45. The highest BCUT2D eigenvalue weighted by atomic mass is 19.1. The monoisotopic (exact) mass is 597 g/mol. The molecule has 1 aromatic heterocycles. The molecule has 1 aromatic carbocycles. The molecule has 6 nitrogen and oxygen atoms in total. The van der Waals surface area contributed by atoms with Gasteiger partial charge in [0.1, 0.15) is 5.82 Å². The molecule has 1 amide bonds. The van der Waals surface area contributed by atoms with E-state index in [1.54, 1.807) is 18.3 Å². The van der Waals surface area contributed by atoms with Crippen molar-refractivity contribution in [1.82, 2.24) is 14.8 Å². The maximum Gasteiger partial charge on any atom is 0.225 e. The first-order valence-electron chi connectivity index (χ1n) is 15.9. The zero-order chi connectivity index (χ0) is 32.3. The molecular weight excluding hydrogens is 549 g/mol. The highest BCUT2D eigenvalue weighted by Crippen LogP contribution is 2.46. The fourth-order valence-corrected chi connectivity index (χ4v) is 5.69. The summed E-state index contributed by atoms with van der Waals surface area (Å²) < 4.78 is 14.8. The summed E-state index contributed by atoms with van der Waals surface area (Å²) in [5.74, 6) is 0.0207. The minimum atomic E-state index is -0.237. The summed E-state index contributed by atoms with van der Waals surface area (Å²) in [7, 11) is 0. The van der Waals surface area contributed by atoms with Crippen LogP contribution in [-0.4, -0.2) is 51.6 Å². The van der Waals surface area contributed by atoms with Crippen LogP contribution in [0.1, 0.15) is 91.0 Å². The van der Waals surface area contributed by atoms with E-state index in [-0.39, 0.29) is 23.2 Å². The van der Waals surface area contributed by atoms with Gasteiger partial charge in [0.05, 0.1) is 17.2 Å². The van der Waals surface area contributed by atoms with Gasteiger partial charge in [-0.2, -0.15) is 5.26 Å². The van der Waals surface area contributed by atoms with Gasteiger partial charge in [0, 0.05) is 66.2 Å². The molecule has 0 unspecified atom stereocenters. The van der Waals surface area contributed by atoms with Gasteiger partial charge in [-0.1, -0.05) is 64.5 Å². The van der Waals surface area contributed by atoms with Gasteiger partial charge < -0.3 is 9.80 Å². The molecular formula is C37H48FN5O. The van der Waals surface area contributed by atoms with Gasteiger partial charge in [-0.3, -0.25) is 14.8 Å². The molecule has 1 aliphatic heterocycles. The Kier molecular flexibility index (Phi) is 12.6. The summed E-state index contributed by atoms with van der Waals surface area (Å²) in [6.45, 7) is 16.5. The van der Waals surface area contributed by atoms with Crippen LogP contribution < -0.4 is 0 Å². The largest absolute Gasteiger partial charge is 0.370 e. The molecule has 234 valence electrons. The van der Waals surface area contributed by atoms with Crippen molar-refractivity contribution in [3.05, 3.63) is 94.9 Å². The molecule has 2 fully saturated rings. The highest BCUT2D eigenvalue weighted by Gasteiger charge is 2.53. The number of hydrogen-bond acceptors (Lipinski definition) is 5. The van der Waals surface area contributed by atoms with Gasteiger partial charge >= 0.3 is 0 Å². The Balaban J connectivity index is 0.000000404. The lowest BCUT2D eigenvalue weighted by Crippen LogP contribution is -2.57. The smallest absolute Gasteiger partial charge is 0.225 e. The number of benzene rings is 1. The average Bonchev–Trinajstić information content (AvgIpc) is 3.79. The van der Waals surface area contributed by atoms with Crippen LogP contribution in [0.3, 0.4) is 0 Å². The summed E-state index contributed by atoms with van der Waals surface area (Å²) in [6, 6.07) is 12.6. The van der Waals surface area contributed by atoms with Crippen molar-refractivity contribution >= 4 is 17.2 Å². The van der Waals surface area contributed by atoms with Crippen LogP contribution in [0.25, 0.3) is 5.57 Å². The van der Waals surface area contributed by atoms with E-state index in [1.807, 2.05) is 64.2 Å².